The maximum Gasteiger partial charge on any atom is 0.281 e. The topological polar surface area (TPSA) is 101 Å². The van der Waals surface area contributed by atoms with Crippen LogP contribution in [0.3, 0.4) is 0 Å². The zero-order valence-electron chi connectivity index (χ0n) is 21.9. The minimum atomic E-state index is -4.21. The molecule has 1 aromatic carbocycles. The van der Waals surface area contributed by atoms with Gasteiger partial charge in [-0.25, -0.2) is 19.1 Å². The average Bonchev–Trinajstić information content (AvgIpc) is 2.81. The van der Waals surface area contributed by atoms with E-state index >= 15 is 0 Å². The lowest BCUT2D eigenvalue weighted by atomic mass is 10.1. The number of aromatic nitrogens is 2. The van der Waals surface area contributed by atoms with Gasteiger partial charge in [0.15, 0.2) is 5.03 Å². The number of amides is 1. The Hall–Kier alpha value is -3.53. The second kappa shape index (κ2) is 11.7. The number of carbonyl (C=O) groups is 1. The van der Waals surface area contributed by atoms with Crippen LogP contribution in [-0.2, 0) is 10.0 Å². The van der Waals surface area contributed by atoms with Gasteiger partial charge >= 0.3 is 0 Å². The SMILES string of the molecule is Cc1cccc(S(=O)(=O)NC(=O)c2ccc(-c3cc(F)cc(OCC(C)C)c3)nc2N(C)CC(C)C)n1. The molecule has 8 nitrogen and oxygen atoms in total. The Morgan fingerprint density at radius 2 is 1.78 bits per heavy atom. The fourth-order valence-electron chi connectivity index (χ4n) is 3.67. The summed E-state index contributed by atoms with van der Waals surface area (Å²) in [6, 6.07) is 11.9. The van der Waals surface area contributed by atoms with Crippen molar-refractivity contribution in [1.82, 2.24) is 14.7 Å². The molecule has 37 heavy (non-hydrogen) atoms. The Kier molecular flexibility index (Phi) is 8.85. The van der Waals surface area contributed by atoms with Crippen LogP contribution in [0, 0.1) is 24.6 Å². The molecule has 3 rings (SSSR count). The molecule has 0 spiro atoms. The summed E-state index contributed by atoms with van der Waals surface area (Å²) < 4.78 is 47.8. The second-order valence-corrected chi connectivity index (χ2v) is 11.4. The summed E-state index contributed by atoms with van der Waals surface area (Å²) in [6.07, 6.45) is 0. The van der Waals surface area contributed by atoms with E-state index in [-0.39, 0.29) is 28.2 Å². The van der Waals surface area contributed by atoms with Crippen molar-refractivity contribution < 1.29 is 22.3 Å². The molecule has 0 saturated heterocycles. The van der Waals surface area contributed by atoms with E-state index < -0.39 is 21.7 Å². The van der Waals surface area contributed by atoms with Gasteiger partial charge in [0.25, 0.3) is 15.9 Å². The summed E-state index contributed by atoms with van der Waals surface area (Å²) >= 11 is 0. The predicted octanol–water partition coefficient (Wildman–Crippen LogP) is 4.84. The first-order valence-electron chi connectivity index (χ1n) is 12.0. The summed E-state index contributed by atoms with van der Waals surface area (Å²) in [5, 5.41) is -0.254. The van der Waals surface area contributed by atoms with E-state index in [9.17, 15) is 17.6 Å². The standard InChI is InChI=1S/C27H33FN4O4S/c1-17(2)15-32(6)26-23(27(33)31-37(34,35)25-9-7-8-19(5)29-25)10-11-24(30-26)20-12-21(28)14-22(13-20)36-16-18(3)4/h7-14,17-18H,15-16H2,1-6H3,(H,31,33). The zero-order valence-corrected chi connectivity index (χ0v) is 22.8. The van der Waals surface area contributed by atoms with Gasteiger partial charge in [-0.3, -0.25) is 4.79 Å². The van der Waals surface area contributed by atoms with E-state index in [0.717, 1.165) is 0 Å². The van der Waals surface area contributed by atoms with Gasteiger partial charge in [-0.15, -0.1) is 0 Å². The number of hydrogen-bond donors (Lipinski definition) is 1. The third-order valence-corrected chi connectivity index (χ3v) is 6.47. The number of halogens is 1. The summed E-state index contributed by atoms with van der Waals surface area (Å²) in [6.45, 7) is 10.7. The molecule has 0 aliphatic carbocycles. The Bertz CT molecular complexity index is 1380. The largest absolute Gasteiger partial charge is 0.493 e. The van der Waals surface area contributed by atoms with Crippen molar-refractivity contribution in [1.29, 1.82) is 0 Å². The summed E-state index contributed by atoms with van der Waals surface area (Å²) in [5.74, 6) is -0.171. The number of hydrogen-bond acceptors (Lipinski definition) is 7. The van der Waals surface area contributed by atoms with Crippen molar-refractivity contribution in [3.8, 4) is 17.0 Å². The number of nitrogens with one attached hydrogen (secondary N) is 1. The molecule has 2 aromatic heterocycles. The van der Waals surface area contributed by atoms with E-state index in [1.165, 1.54) is 24.3 Å². The number of nitrogens with zero attached hydrogens (tertiary/aromatic N) is 3. The monoisotopic (exact) mass is 528 g/mol. The van der Waals surface area contributed by atoms with Gasteiger partial charge in [0.05, 0.1) is 17.9 Å². The van der Waals surface area contributed by atoms with Crippen LogP contribution in [0.15, 0.2) is 53.6 Å². The summed E-state index contributed by atoms with van der Waals surface area (Å²) in [5.41, 5.74) is 1.46. The van der Waals surface area contributed by atoms with Crippen LogP contribution in [0.25, 0.3) is 11.3 Å². The highest BCUT2D eigenvalue weighted by atomic mass is 32.2. The van der Waals surface area contributed by atoms with Gasteiger partial charge in [0.1, 0.15) is 17.4 Å². The highest BCUT2D eigenvalue weighted by Gasteiger charge is 2.24. The normalized spacial score (nSPS) is 11.6. The van der Waals surface area contributed by atoms with E-state index in [1.54, 1.807) is 43.1 Å². The Morgan fingerprint density at radius 1 is 1.05 bits per heavy atom. The van der Waals surface area contributed by atoms with Crippen molar-refractivity contribution in [3.05, 3.63) is 65.6 Å². The van der Waals surface area contributed by atoms with Crippen LogP contribution in [0.1, 0.15) is 43.7 Å². The molecule has 0 atom stereocenters. The van der Waals surface area contributed by atoms with Crippen molar-refractivity contribution in [3.63, 3.8) is 0 Å². The molecule has 0 fully saturated rings. The van der Waals surface area contributed by atoms with Gasteiger partial charge < -0.3 is 9.64 Å². The number of aryl methyl sites for hydroxylation is 1. The summed E-state index contributed by atoms with van der Waals surface area (Å²) in [7, 11) is -2.44. The highest BCUT2D eigenvalue weighted by Crippen LogP contribution is 2.28. The Morgan fingerprint density at radius 3 is 2.43 bits per heavy atom. The summed E-state index contributed by atoms with van der Waals surface area (Å²) in [4.78, 5) is 23.6. The van der Waals surface area contributed by atoms with Gasteiger partial charge in [-0.05, 0) is 55.2 Å². The van der Waals surface area contributed by atoms with Crippen molar-refractivity contribution >= 4 is 21.7 Å². The number of benzene rings is 1. The maximum atomic E-state index is 14.4. The van der Waals surface area contributed by atoms with Crippen LogP contribution in [0.2, 0.25) is 0 Å². The van der Waals surface area contributed by atoms with Crippen LogP contribution in [0.5, 0.6) is 5.75 Å². The van der Waals surface area contributed by atoms with Crippen molar-refractivity contribution in [2.45, 2.75) is 39.6 Å². The quantitative estimate of drug-likeness (QED) is 0.402. The van der Waals surface area contributed by atoms with Crippen LogP contribution >= 0.6 is 0 Å². The molecule has 0 saturated carbocycles. The van der Waals surface area contributed by atoms with E-state index in [2.05, 4.69) is 14.7 Å². The number of anilines is 1. The lowest BCUT2D eigenvalue weighted by Crippen LogP contribution is -2.33. The van der Waals surface area contributed by atoms with Gasteiger partial charge in [-0.1, -0.05) is 33.8 Å². The molecule has 0 bridgehead atoms. The molecule has 0 unspecified atom stereocenters. The molecule has 0 aliphatic rings. The lowest BCUT2D eigenvalue weighted by Gasteiger charge is -2.23. The van der Waals surface area contributed by atoms with Crippen LogP contribution in [0.4, 0.5) is 10.2 Å². The predicted molar refractivity (Wildman–Crippen MR) is 142 cm³/mol. The lowest BCUT2D eigenvalue weighted by molar-refractivity contribution is 0.0981. The molecule has 0 radical (unpaired) electrons. The molecule has 1 N–H and O–H groups in total. The average molecular weight is 529 g/mol. The molecular formula is C27H33FN4O4S. The van der Waals surface area contributed by atoms with Crippen LogP contribution < -0.4 is 14.4 Å². The fraction of sp³-hybridized carbons (Fsp3) is 0.370. The smallest absolute Gasteiger partial charge is 0.281 e. The molecule has 2 heterocycles. The molecule has 3 aromatic rings. The molecule has 198 valence electrons. The number of ether oxygens (including phenoxy) is 1. The molecule has 10 heteroatoms. The minimum absolute atomic E-state index is 0.0656. The first kappa shape index (κ1) is 28.0. The van der Waals surface area contributed by atoms with E-state index in [1.807, 2.05) is 27.7 Å². The molecule has 0 aliphatic heterocycles. The maximum absolute atomic E-state index is 14.4. The van der Waals surface area contributed by atoms with Crippen LogP contribution in [-0.4, -0.2) is 44.5 Å². The minimum Gasteiger partial charge on any atom is -0.493 e. The van der Waals surface area contributed by atoms with Crippen molar-refractivity contribution in [2.75, 3.05) is 25.1 Å². The number of rotatable bonds is 10. The third kappa shape index (κ3) is 7.48. The highest BCUT2D eigenvalue weighted by molar-refractivity contribution is 7.90. The Labute approximate surface area is 218 Å². The van der Waals surface area contributed by atoms with Crippen molar-refractivity contribution in [2.24, 2.45) is 11.8 Å². The third-order valence-electron chi connectivity index (χ3n) is 5.24. The second-order valence-electron chi connectivity index (χ2n) is 9.77. The van der Waals surface area contributed by atoms with E-state index in [0.29, 0.717) is 35.9 Å². The number of carbonyl (C=O) groups excluding carboxylic acids is 1. The Balaban J connectivity index is 2.01. The first-order valence-corrected chi connectivity index (χ1v) is 13.5. The van der Waals surface area contributed by atoms with Gasteiger partial charge in [0, 0.05) is 30.9 Å². The molecule has 1 amide bonds. The molecular weight excluding hydrogens is 495 g/mol. The van der Waals surface area contributed by atoms with Gasteiger partial charge in [-0.2, -0.15) is 8.42 Å². The van der Waals surface area contributed by atoms with Gasteiger partial charge in [0.2, 0.25) is 0 Å². The number of sulfonamides is 1. The zero-order chi connectivity index (χ0) is 27.3. The van der Waals surface area contributed by atoms with E-state index in [4.69, 9.17) is 4.74 Å². The number of pyridine rings is 2. The fourth-order valence-corrected chi connectivity index (χ4v) is 4.65. The first-order chi connectivity index (χ1) is 17.4.